The zero-order valence-electron chi connectivity index (χ0n) is 8.12. The van der Waals surface area contributed by atoms with Crippen molar-refractivity contribution in [3.05, 3.63) is 24.4 Å². The van der Waals surface area contributed by atoms with Gasteiger partial charge >= 0.3 is 0 Å². The first kappa shape index (κ1) is 10.3. The molecule has 0 radical (unpaired) electrons. The van der Waals surface area contributed by atoms with Crippen LogP contribution in [-0.4, -0.2) is 18.9 Å². The predicted molar refractivity (Wildman–Crippen MR) is 54.0 cm³/mol. The van der Waals surface area contributed by atoms with Gasteiger partial charge in [-0.2, -0.15) is 0 Å². The maximum absolute atomic E-state index is 5.57. The van der Waals surface area contributed by atoms with Gasteiger partial charge in [0.1, 0.15) is 6.23 Å². The van der Waals surface area contributed by atoms with E-state index in [0.29, 0.717) is 6.10 Å². The van der Waals surface area contributed by atoms with Gasteiger partial charge in [-0.3, -0.25) is 5.32 Å². The summed E-state index contributed by atoms with van der Waals surface area (Å²) in [7, 11) is 0. The van der Waals surface area contributed by atoms with Gasteiger partial charge in [-0.25, -0.2) is 0 Å². The van der Waals surface area contributed by atoms with E-state index in [2.05, 4.69) is 18.8 Å². The van der Waals surface area contributed by atoms with Gasteiger partial charge in [0, 0.05) is 12.2 Å². The summed E-state index contributed by atoms with van der Waals surface area (Å²) >= 11 is 0. The smallest absolute Gasteiger partial charge is 0.108 e. The molecule has 3 N–H and O–H groups in total. The summed E-state index contributed by atoms with van der Waals surface area (Å²) in [5.41, 5.74) is 6.31. The summed E-state index contributed by atoms with van der Waals surface area (Å²) in [4.78, 5) is 0. The largest absolute Gasteiger partial charge is 0.399 e. The molecule has 1 rings (SSSR count). The minimum Gasteiger partial charge on any atom is -0.399 e. The molecule has 3 nitrogen and oxygen atoms in total. The van der Waals surface area contributed by atoms with Crippen LogP contribution in [0.1, 0.15) is 19.8 Å². The second-order valence-corrected chi connectivity index (χ2v) is 3.33. The lowest BCUT2D eigenvalue weighted by Gasteiger charge is -2.08. The van der Waals surface area contributed by atoms with Crippen LogP contribution in [0.25, 0.3) is 0 Å². The molecule has 0 amide bonds. The summed E-state index contributed by atoms with van der Waals surface area (Å²) in [6, 6.07) is 0. The summed E-state index contributed by atoms with van der Waals surface area (Å²) < 4.78 is 5.57. The molecule has 1 unspecified atom stereocenters. The Labute approximate surface area is 79.6 Å². The van der Waals surface area contributed by atoms with Gasteiger partial charge in [-0.05, 0) is 25.8 Å². The fourth-order valence-corrected chi connectivity index (χ4v) is 1.33. The number of allylic oxidation sites excluding steroid dienone is 2. The van der Waals surface area contributed by atoms with Crippen molar-refractivity contribution in [1.82, 2.24) is 5.32 Å². The van der Waals surface area contributed by atoms with Crippen LogP contribution >= 0.6 is 0 Å². The Morgan fingerprint density at radius 3 is 3.08 bits per heavy atom. The third kappa shape index (κ3) is 3.61. The molecule has 3 heteroatoms. The molecule has 1 heterocycles. The first-order chi connectivity index (χ1) is 6.22. The van der Waals surface area contributed by atoms with Gasteiger partial charge in [0.05, 0.1) is 6.10 Å². The predicted octanol–water partition coefficient (Wildman–Crippen LogP) is 1.13. The summed E-state index contributed by atoms with van der Waals surface area (Å²) in [6.45, 7) is 6.60. The first-order valence-electron chi connectivity index (χ1n) is 4.69. The molecular formula is C10H18N2O. The Morgan fingerprint density at radius 1 is 1.77 bits per heavy atom. The lowest BCUT2D eigenvalue weighted by Crippen LogP contribution is -2.21. The molecule has 1 aliphatic rings. The average Bonchev–Trinajstić information content (AvgIpc) is 2.51. The molecule has 0 bridgehead atoms. The van der Waals surface area contributed by atoms with Crippen LogP contribution in [0.2, 0.25) is 0 Å². The minimum atomic E-state index is 0.198. The third-order valence-corrected chi connectivity index (χ3v) is 2.07. The minimum absolute atomic E-state index is 0.198. The maximum Gasteiger partial charge on any atom is 0.108 e. The summed E-state index contributed by atoms with van der Waals surface area (Å²) in [5, 5.41) is 3.28. The number of hydrogen-bond donors (Lipinski definition) is 2. The molecule has 1 fully saturated rings. The highest BCUT2D eigenvalue weighted by atomic mass is 16.5. The van der Waals surface area contributed by atoms with E-state index in [0.717, 1.165) is 25.1 Å². The second-order valence-electron chi connectivity index (χ2n) is 3.33. The van der Waals surface area contributed by atoms with E-state index in [4.69, 9.17) is 10.5 Å². The van der Waals surface area contributed by atoms with E-state index in [1.807, 2.05) is 6.08 Å². The number of rotatable bonds is 4. The highest BCUT2D eigenvalue weighted by Crippen LogP contribution is 2.09. The van der Waals surface area contributed by atoms with E-state index in [9.17, 15) is 0 Å². The standard InChI is InChI=1S/C10H18N2O/c1-3-9(11)5-4-6-10-12-7-8(2)13-10/h3,5,8,10,12H,1,4,6-7,11H2,2H3/b9-5+/t8-,10?/m0/s1. The van der Waals surface area contributed by atoms with Crippen LogP contribution in [-0.2, 0) is 4.74 Å². The van der Waals surface area contributed by atoms with Gasteiger partial charge < -0.3 is 10.5 Å². The number of hydrogen-bond acceptors (Lipinski definition) is 3. The van der Waals surface area contributed by atoms with Crippen molar-refractivity contribution < 1.29 is 4.74 Å². The van der Waals surface area contributed by atoms with Crippen molar-refractivity contribution in [2.75, 3.05) is 6.54 Å². The van der Waals surface area contributed by atoms with Crippen LogP contribution in [0.4, 0.5) is 0 Å². The highest BCUT2D eigenvalue weighted by Gasteiger charge is 2.19. The van der Waals surface area contributed by atoms with Crippen LogP contribution in [0.5, 0.6) is 0 Å². The van der Waals surface area contributed by atoms with Crippen LogP contribution in [0.3, 0.4) is 0 Å². The van der Waals surface area contributed by atoms with Crippen molar-refractivity contribution in [2.24, 2.45) is 5.73 Å². The fourth-order valence-electron chi connectivity index (χ4n) is 1.33. The van der Waals surface area contributed by atoms with E-state index < -0.39 is 0 Å². The molecule has 0 aromatic carbocycles. The van der Waals surface area contributed by atoms with Crippen molar-refractivity contribution in [2.45, 2.75) is 32.1 Å². The normalized spacial score (nSPS) is 29.2. The fraction of sp³-hybridized carbons (Fsp3) is 0.600. The van der Waals surface area contributed by atoms with Gasteiger partial charge in [0.25, 0.3) is 0 Å². The Morgan fingerprint density at radius 2 is 2.54 bits per heavy atom. The topological polar surface area (TPSA) is 47.3 Å². The van der Waals surface area contributed by atoms with E-state index >= 15 is 0 Å². The van der Waals surface area contributed by atoms with Crippen molar-refractivity contribution in [1.29, 1.82) is 0 Å². The Balaban J connectivity index is 2.16. The molecule has 74 valence electrons. The molecule has 0 saturated carbocycles. The number of ether oxygens (including phenoxy) is 1. The monoisotopic (exact) mass is 182 g/mol. The van der Waals surface area contributed by atoms with E-state index in [1.54, 1.807) is 6.08 Å². The number of nitrogens with two attached hydrogens (primary N) is 1. The SMILES string of the molecule is C=C/C(N)=C\CCC1NC[C@H](C)O1. The zero-order valence-corrected chi connectivity index (χ0v) is 8.12. The van der Waals surface area contributed by atoms with Gasteiger partial charge in [0.2, 0.25) is 0 Å². The lowest BCUT2D eigenvalue weighted by molar-refractivity contribution is 0.0470. The third-order valence-electron chi connectivity index (χ3n) is 2.07. The summed E-state index contributed by atoms with van der Waals surface area (Å²) in [6.07, 6.45) is 6.07. The molecule has 0 aromatic rings. The van der Waals surface area contributed by atoms with Gasteiger partial charge in [-0.15, -0.1) is 0 Å². The first-order valence-corrected chi connectivity index (χ1v) is 4.69. The van der Waals surface area contributed by atoms with Gasteiger partial charge in [-0.1, -0.05) is 12.7 Å². The molecular weight excluding hydrogens is 164 g/mol. The molecule has 13 heavy (non-hydrogen) atoms. The average molecular weight is 182 g/mol. The van der Waals surface area contributed by atoms with Crippen LogP contribution in [0.15, 0.2) is 24.4 Å². The van der Waals surface area contributed by atoms with Crippen molar-refractivity contribution in [3.63, 3.8) is 0 Å². The lowest BCUT2D eigenvalue weighted by atomic mass is 10.2. The quantitative estimate of drug-likeness (QED) is 0.641. The maximum atomic E-state index is 5.57. The Hall–Kier alpha value is -0.800. The second kappa shape index (κ2) is 5.04. The van der Waals surface area contributed by atoms with E-state index in [-0.39, 0.29) is 6.23 Å². The molecule has 0 aromatic heterocycles. The highest BCUT2D eigenvalue weighted by molar-refractivity contribution is 5.10. The Bertz CT molecular complexity index is 201. The molecule has 0 spiro atoms. The molecule has 2 atom stereocenters. The molecule has 1 saturated heterocycles. The summed E-state index contributed by atoms with van der Waals surface area (Å²) in [5.74, 6) is 0. The van der Waals surface area contributed by atoms with E-state index in [1.165, 1.54) is 0 Å². The zero-order chi connectivity index (χ0) is 9.68. The van der Waals surface area contributed by atoms with Gasteiger partial charge in [0.15, 0.2) is 0 Å². The van der Waals surface area contributed by atoms with Crippen molar-refractivity contribution >= 4 is 0 Å². The van der Waals surface area contributed by atoms with Crippen LogP contribution in [0, 0.1) is 0 Å². The van der Waals surface area contributed by atoms with Crippen molar-refractivity contribution in [3.8, 4) is 0 Å². The number of nitrogens with one attached hydrogen (secondary N) is 1. The van der Waals surface area contributed by atoms with Crippen LogP contribution < -0.4 is 11.1 Å². The Kier molecular flexibility index (Phi) is 3.99. The molecule has 1 aliphatic heterocycles. The molecule has 0 aliphatic carbocycles.